The van der Waals surface area contributed by atoms with Crippen LogP contribution in [-0.4, -0.2) is 38.2 Å². The third kappa shape index (κ3) is 4.95. The molecule has 0 saturated heterocycles. The van der Waals surface area contributed by atoms with Gasteiger partial charge in [-0.3, -0.25) is 4.99 Å². The number of aromatic nitrogens is 1. The van der Waals surface area contributed by atoms with Gasteiger partial charge in [0, 0.05) is 18.5 Å². The fraction of sp³-hybridized carbons (Fsp3) is 0.389. The minimum atomic E-state index is -0.430. The molecule has 2 aromatic rings. The van der Waals surface area contributed by atoms with Crippen LogP contribution in [0.15, 0.2) is 23.2 Å². The molecular weight excluding hydrogens is 352 g/mol. The summed E-state index contributed by atoms with van der Waals surface area (Å²) in [6.07, 6.45) is 0. The lowest BCUT2D eigenvalue weighted by molar-refractivity contribution is 0.0597. The van der Waals surface area contributed by atoms with Crippen molar-refractivity contribution >= 4 is 23.3 Å². The molecular formula is C18H24N4O3S. The molecule has 8 heteroatoms. The summed E-state index contributed by atoms with van der Waals surface area (Å²) < 4.78 is 10.0. The zero-order valence-electron chi connectivity index (χ0n) is 15.7. The molecule has 2 rings (SSSR count). The maximum atomic E-state index is 11.9. The van der Waals surface area contributed by atoms with E-state index in [1.807, 2.05) is 13.0 Å². The number of nitrogens with one attached hydrogen (secondary N) is 2. The Morgan fingerprint density at radius 1 is 1.23 bits per heavy atom. The number of thiazole rings is 1. The van der Waals surface area contributed by atoms with Crippen molar-refractivity contribution in [3.8, 4) is 5.75 Å². The third-order valence-electron chi connectivity index (χ3n) is 3.83. The van der Waals surface area contributed by atoms with Gasteiger partial charge in [0.2, 0.25) is 0 Å². The van der Waals surface area contributed by atoms with E-state index >= 15 is 0 Å². The van der Waals surface area contributed by atoms with E-state index in [1.165, 1.54) is 19.1 Å². The van der Waals surface area contributed by atoms with E-state index in [0.717, 1.165) is 16.3 Å². The molecule has 2 N–H and O–H groups in total. The summed E-state index contributed by atoms with van der Waals surface area (Å²) in [4.78, 5) is 21.8. The van der Waals surface area contributed by atoms with Crippen molar-refractivity contribution in [2.45, 2.75) is 26.9 Å². The number of benzene rings is 1. The highest BCUT2D eigenvalue weighted by atomic mass is 32.1. The smallest absolute Gasteiger partial charge is 0.341 e. The van der Waals surface area contributed by atoms with Crippen molar-refractivity contribution in [2.75, 3.05) is 21.3 Å². The number of rotatable bonds is 6. The van der Waals surface area contributed by atoms with Crippen molar-refractivity contribution in [3.63, 3.8) is 0 Å². The molecule has 0 bridgehead atoms. The first-order valence-corrected chi connectivity index (χ1v) is 8.92. The number of nitrogens with zero attached hydrogens (tertiary/aromatic N) is 2. The van der Waals surface area contributed by atoms with Gasteiger partial charge in [0.1, 0.15) is 16.3 Å². The molecule has 1 heterocycles. The molecule has 0 unspecified atom stereocenters. The zero-order chi connectivity index (χ0) is 19.1. The largest absolute Gasteiger partial charge is 0.496 e. The van der Waals surface area contributed by atoms with Crippen molar-refractivity contribution in [1.29, 1.82) is 0 Å². The molecule has 0 fully saturated rings. The molecule has 0 atom stereocenters. The van der Waals surface area contributed by atoms with Gasteiger partial charge in [-0.1, -0.05) is 6.07 Å². The highest BCUT2D eigenvalue weighted by molar-refractivity contribution is 7.11. The molecule has 1 aromatic carbocycles. The Hall–Kier alpha value is -2.61. The van der Waals surface area contributed by atoms with E-state index in [1.54, 1.807) is 30.5 Å². The molecule has 1 aromatic heterocycles. The maximum Gasteiger partial charge on any atom is 0.341 e. The fourth-order valence-electron chi connectivity index (χ4n) is 2.32. The maximum absolute atomic E-state index is 11.9. The highest BCUT2D eigenvalue weighted by Gasteiger charge is 2.13. The number of aryl methyl sites for hydroxylation is 2. The molecule has 140 valence electrons. The predicted octanol–water partition coefficient (Wildman–Crippen LogP) is 2.42. The normalized spacial score (nSPS) is 11.2. The number of aliphatic imine (C=N–C) groups is 1. The molecule has 0 aliphatic rings. The van der Waals surface area contributed by atoms with Gasteiger partial charge in [0.05, 0.1) is 26.5 Å². The first kappa shape index (κ1) is 19.7. The van der Waals surface area contributed by atoms with Gasteiger partial charge in [0.25, 0.3) is 0 Å². The zero-order valence-corrected chi connectivity index (χ0v) is 16.5. The average molecular weight is 376 g/mol. The Labute approximate surface area is 157 Å². The van der Waals surface area contributed by atoms with Crippen LogP contribution in [-0.2, 0) is 17.8 Å². The van der Waals surface area contributed by atoms with Crippen LogP contribution in [0.4, 0.5) is 0 Å². The molecule has 26 heavy (non-hydrogen) atoms. The summed E-state index contributed by atoms with van der Waals surface area (Å²) in [6.45, 7) is 5.18. The van der Waals surface area contributed by atoms with E-state index in [0.29, 0.717) is 30.4 Å². The van der Waals surface area contributed by atoms with Crippen molar-refractivity contribution < 1.29 is 14.3 Å². The Balaban J connectivity index is 1.98. The first-order valence-electron chi connectivity index (χ1n) is 8.11. The standard InChI is InChI=1S/C18H24N4O3S/c1-11-12(2)26-16(22-11)10-21-18(19-3)20-9-13-6-7-15(24-4)14(8-13)17(23)25-5/h6-8H,9-10H2,1-5H3,(H2,19,20,21). The fourth-order valence-corrected chi connectivity index (χ4v) is 3.19. The number of hydrogen-bond acceptors (Lipinski definition) is 6. The van der Waals surface area contributed by atoms with Crippen LogP contribution in [0.5, 0.6) is 5.75 Å². The SMILES string of the molecule is CN=C(NCc1ccc(OC)c(C(=O)OC)c1)NCc1nc(C)c(C)s1. The number of carbonyl (C=O) groups excluding carboxylic acids is 1. The minimum Gasteiger partial charge on any atom is -0.496 e. The number of hydrogen-bond donors (Lipinski definition) is 2. The quantitative estimate of drug-likeness (QED) is 0.458. The van der Waals surface area contributed by atoms with Crippen LogP contribution in [0.3, 0.4) is 0 Å². The first-order chi connectivity index (χ1) is 12.5. The predicted molar refractivity (Wildman–Crippen MR) is 103 cm³/mol. The molecule has 0 saturated carbocycles. The summed E-state index contributed by atoms with van der Waals surface area (Å²) in [5.74, 6) is 0.712. The van der Waals surface area contributed by atoms with Gasteiger partial charge in [-0.05, 0) is 31.5 Å². The van der Waals surface area contributed by atoms with Crippen LogP contribution in [0, 0.1) is 13.8 Å². The van der Waals surface area contributed by atoms with E-state index in [2.05, 4.69) is 27.5 Å². The van der Waals surface area contributed by atoms with Crippen molar-refractivity contribution in [3.05, 3.63) is 44.9 Å². The highest BCUT2D eigenvalue weighted by Crippen LogP contribution is 2.20. The Morgan fingerprint density at radius 2 is 1.96 bits per heavy atom. The van der Waals surface area contributed by atoms with Gasteiger partial charge < -0.3 is 20.1 Å². The number of esters is 1. The van der Waals surface area contributed by atoms with Crippen molar-refractivity contribution in [2.24, 2.45) is 4.99 Å². The topological polar surface area (TPSA) is 84.8 Å². The van der Waals surface area contributed by atoms with Gasteiger partial charge in [0.15, 0.2) is 5.96 Å². The summed E-state index contributed by atoms with van der Waals surface area (Å²) in [6, 6.07) is 5.39. The summed E-state index contributed by atoms with van der Waals surface area (Å²) in [5.41, 5.74) is 2.37. The van der Waals surface area contributed by atoms with Crippen LogP contribution in [0.25, 0.3) is 0 Å². The minimum absolute atomic E-state index is 0.394. The lowest BCUT2D eigenvalue weighted by atomic mass is 10.1. The second-order valence-electron chi connectivity index (χ2n) is 5.55. The third-order valence-corrected chi connectivity index (χ3v) is 4.91. The van der Waals surface area contributed by atoms with Crippen LogP contribution in [0.2, 0.25) is 0 Å². The second kappa shape index (κ2) is 9.19. The molecule has 0 aliphatic heterocycles. The van der Waals surface area contributed by atoms with Gasteiger partial charge in [-0.2, -0.15) is 0 Å². The Morgan fingerprint density at radius 3 is 2.54 bits per heavy atom. The van der Waals surface area contributed by atoms with Crippen LogP contribution < -0.4 is 15.4 Å². The number of carbonyl (C=O) groups is 1. The van der Waals surface area contributed by atoms with Crippen LogP contribution >= 0.6 is 11.3 Å². The number of methoxy groups -OCH3 is 2. The van der Waals surface area contributed by atoms with Crippen molar-refractivity contribution in [1.82, 2.24) is 15.6 Å². The van der Waals surface area contributed by atoms with E-state index < -0.39 is 5.97 Å². The monoisotopic (exact) mass is 376 g/mol. The summed E-state index contributed by atoms with van der Waals surface area (Å²) in [5, 5.41) is 7.47. The number of ether oxygens (including phenoxy) is 2. The molecule has 7 nitrogen and oxygen atoms in total. The van der Waals surface area contributed by atoms with Gasteiger partial charge in [-0.15, -0.1) is 11.3 Å². The van der Waals surface area contributed by atoms with Gasteiger partial charge in [-0.25, -0.2) is 9.78 Å². The van der Waals surface area contributed by atoms with E-state index in [9.17, 15) is 4.79 Å². The Bertz CT molecular complexity index is 782. The Kier molecular flexibility index (Phi) is 6.97. The van der Waals surface area contributed by atoms with Gasteiger partial charge >= 0.3 is 5.97 Å². The summed E-state index contributed by atoms with van der Waals surface area (Å²) in [7, 11) is 4.58. The second-order valence-corrected chi connectivity index (χ2v) is 6.84. The number of guanidine groups is 1. The average Bonchev–Trinajstić information content (AvgIpc) is 2.98. The molecule has 0 radical (unpaired) electrons. The van der Waals surface area contributed by atoms with Crippen LogP contribution in [0.1, 0.15) is 31.5 Å². The molecule has 0 spiro atoms. The van der Waals surface area contributed by atoms with E-state index in [-0.39, 0.29) is 0 Å². The molecule has 0 amide bonds. The lowest BCUT2D eigenvalue weighted by Gasteiger charge is -2.13. The van der Waals surface area contributed by atoms with E-state index in [4.69, 9.17) is 9.47 Å². The lowest BCUT2D eigenvalue weighted by Crippen LogP contribution is -2.36. The summed E-state index contributed by atoms with van der Waals surface area (Å²) >= 11 is 1.67. The molecule has 0 aliphatic carbocycles.